The van der Waals surface area contributed by atoms with Gasteiger partial charge in [-0.3, -0.25) is 0 Å². The highest BCUT2D eigenvalue weighted by Crippen LogP contribution is 2.43. The maximum absolute atomic E-state index is 3.80. The van der Waals surface area contributed by atoms with Crippen molar-refractivity contribution in [1.29, 1.82) is 0 Å². The van der Waals surface area contributed by atoms with Gasteiger partial charge in [-0.1, -0.05) is 26.7 Å². The standard InChI is InChI=1S/C12H23N/c1-10(2)11-6-3-4-7-12(11)8-5-9-13-12/h10-11,13H,3-9H2,1-2H3. The van der Waals surface area contributed by atoms with Gasteiger partial charge < -0.3 is 5.32 Å². The maximum Gasteiger partial charge on any atom is 0.0212 e. The summed E-state index contributed by atoms with van der Waals surface area (Å²) in [7, 11) is 0. The van der Waals surface area contributed by atoms with E-state index in [9.17, 15) is 0 Å². The zero-order chi connectivity index (χ0) is 9.31. The Balaban J connectivity index is 2.12. The third-order valence-corrected chi connectivity index (χ3v) is 4.18. The summed E-state index contributed by atoms with van der Waals surface area (Å²) in [5.41, 5.74) is 0.562. The second-order valence-corrected chi connectivity index (χ2v) is 5.28. The molecule has 0 radical (unpaired) electrons. The number of hydrogen-bond acceptors (Lipinski definition) is 1. The summed E-state index contributed by atoms with van der Waals surface area (Å²) in [6.07, 6.45) is 8.67. The van der Waals surface area contributed by atoms with Crippen LogP contribution in [0.3, 0.4) is 0 Å². The van der Waals surface area contributed by atoms with Crippen molar-refractivity contribution < 1.29 is 0 Å². The Labute approximate surface area is 82.3 Å². The van der Waals surface area contributed by atoms with E-state index in [2.05, 4.69) is 19.2 Å². The highest BCUT2D eigenvalue weighted by Gasteiger charge is 2.43. The molecule has 2 fully saturated rings. The van der Waals surface area contributed by atoms with E-state index in [1.54, 1.807) is 0 Å². The van der Waals surface area contributed by atoms with Gasteiger partial charge in [0.15, 0.2) is 0 Å². The van der Waals surface area contributed by atoms with Crippen molar-refractivity contribution in [2.45, 2.75) is 57.9 Å². The van der Waals surface area contributed by atoms with Gasteiger partial charge in [-0.15, -0.1) is 0 Å². The molecule has 0 aromatic carbocycles. The smallest absolute Gasteiger partial charge is 0.0212 e. The van der Waals surface area contributed by atoms with E-state index >= 15 is 0 Å². The average Bonchev–Trinajstić information content (AvgIpc) is 2.54. The fourth-order valence-electron chi connectivity index (χ4n) is 3.60. The predicted octanol–water partition coefficient (Wildman–Crippen LogP) is 2.95. The molecule has 1 heteroatoms. The third kappa shape index (κ3) is 1.63. The Kier molecular flexibility index (Phi) is 2.64. The second kappa shape index (κ2) is 3.61. The van der Waals surface area contributed by atoms with E-state index in [0.717, 1.165) is 11.8 Å². The van der Waals surface area contributed by atoms with Crippen LogP contribution >= 0.6 is 0 Å². The van der Waals surface area contributed by atoms with E-state index in [0.29, 0.717) is 5.54 Å². The topological polar surface area (TPSA) is 12.0 Å². The van der Waals surface area contributed by atoms with Gasteiger partial charge in [0.1, 0.15) is 0 Å². The number of hydrogen-bond donors (Lipinski definition) is 1. The van der Waals surface area contributed by atoms with E-state index in [-0.39, 0.29) is 0 Å². The summed E-state index contributed by atoms with van der Waals surface area (Å²) in [5, 5.41) is 3.80. The van der Waals surface area contributed by atoms with Gasteiger partial charge in [0, 0.05) is 5.54 Å². The van der Waals surface area contributed by atoms with Crippen LogP contribution in [0.5, 0.6) is 0 Å². The van der Waals surface area contributed by atoms with Crippen molar-refractivity contribution >= 4 is 0 Å². The minimum atomic E-state index is 0.562. The molecule has 0 amide bonds. The molecule has 0 aromatic heterocycles. The molecule has 2 atom stereocenters. The quantitative estimate of drug-likeness (QED) is 0.656. The molecule has 1 saturated heterocycles. The minimum Gasteiger partial charge on any atom is -0.311 e. The lowest BCUT2D eigenvalue weighted by molar-refractivity contribution is 0.121. The van der Waals surface area contributed by atoms with Gasteiger partial charge in [-0.2, -0.15) is 0 Å². The summed E-state index contributed by atoms with van der Waals surface area (Å²) in [6, 6.07) is 0. The molecule has 1 N–H and O–H groups in total. The van der Waals surface area contributed by atoms with Gasteiger partial charge >= 0.3 is 0 Å². The summed E-state index contributed by atoms with van der Waals surface area (Å²) in [4.78, 5) is 0. The van der Waals surface area contributed by atoms with Crippen molar-refractivity contribution in [2.24, 2.45) is 11.8 Å². The first-order chi connectivity index (χ1) is 6.25. The van der Waals surface area contributed by atoms with Gasteiger partial charge in [-0.25, -0.2) is 0 Å². The molecule has 76 valence electrons. The Morgan fingerprint density at radius 2 is 1.92 bits per heavy atom. The summed E-state index contributed by atoms with van der Waals surface area (Å²) < 4.78 is 0. The fourth-order valence-corrected chi connectivity index (χ4v) is 3.60. The van der Waals surface area contributed by atoms with E-state index in [4.69, 9.17) is 0 Å². The molecular weight excluding hydrogens is 158 g/mol. The number of nitrogens with one attached hydrogen (secondary N) is 1. The second-order valence-electron chi connectivity index (χ2n) is 5.28. The van der Waals surface area contributed by atoms with E-state index in [1.165, 1.54) is 45.1 Å². The lowest BCUT2D eigenvalue weighted by Crippen LogP contribution is -2.50. The molecule has 13 heavy (non-hydrogen) atoms. The van der Waals surface area contributed by atoms with Crippen LogP contribution < -0.4 is 5.32 Å². The molecule has 1 nitrogen and oxygen atoms in total. The molecule has 1 spiro atoms. The van der Waals surface area contributed by atoms with Gasteiger partial charge in [0.2, 0.25) is 0 Å². The monoisotopic (exact) mass is 181 g/mol. The first-order valence-corrected chi connectivity index (χ1v) is 6.00. The van der Waals surface area contributed by atoms with Gasteiger partial charge in [-0.05, 0) is 44.1 Å². The van der Waals surface area contributed by atoms with Crippen LogP contribution in [0.25, 0.3) is 0 Å². The van der Waals surface area contributed by atoms with Crippen molar-refractivity contribution in [1.82, 2.24) is 5.32 Å². The zero-order valence-corrected chi connectivity index (χ0v) is 9.10. The highest BCUT2D eigenvalue weighted by molar-refractivity contribution is 5.01. The lowest BCUT2D eigenvalue weighted by Gasteiger charge is -2.44. The van der Waals surface area contributed by atoms with Crippen LogP contribution in [0, 0.1) is 11.8 Å². The van der Waals surface area contributed by atoms with Gasteiger partial charge in [0.05, 0.1) is 0 Å². The first kappa shape index (κ1) is 9.51. The minimum absolute atomic E-state index is 0.562. The van der Waals surface area contributed by atoms with E-state index < -0.39 is 0 Å². The number of rotatable bonds is 1. The normalized spacial score (nSPS) is 40.4. The van der Waals surface area contributed by atoms with Crippen LogP contribution in [0.4, 0.5) is 0 Å². The Morgan fingerprint density at radius 3 is 2.54 bits per heavy atom. The van der Waals surface area contributed by atoms with Crippen LogP contribution in [0.15, 0.2) is 0 Å². The van der Waals surface area contributed by atoms with Crippen molar-refractivity contribution in [3.63, 3.8) is 0 Å². The van der Waals surface area contributed by atoms with Crippen molar-refractivity contribution in [3.8, 4) is 0 Å². The molecular formula is C12H23N. The summed E-state index contributed by atoms with van der Waals surface area (Å²) in [6.45, 7) is 6.07. The largest absolute Gasteiger partial charge is 0.311 e. The molecule has 0 aromatic rings. The molecule has 1 heterocycles. The molecule has 1 saturated carbocycles. The van der Waals surface area contributed by atoms with Crippen molar-refractivity contribution in [3.05, 3.63) is 0 Å². The zero-order valence-electron chi connectivity index (χ0n) is 9.10. The van der Waals surface area contributed by atoms with Crippen LogP contribution in [-0.2, 0) is 0 Å². The Bertz CT molecular complexity index is 168. The average molecular weight is 181 g/mol. The molecule has 2 rings (SSSR count). The first-order valence-electron chi connectivity index (χ1n) is 6.00. The fraction of sp³-hybridized carbons (Fsp3) is 1.00. The maximum atomic E-state index is 3.80. The highest BCUT2D eigenvalue weighted by atomic mass is 15.0. The molecule has 2 unspecified atom stereocenters. The van der Waals surface area contributed by atoms with Crippen LogP contribution in [0.1, 0.15) is 52.4 Å². The molecule has 2 aliphatic rings. The molecule has 1 aliphatic carbocycles. The summed E-state index contributed by atoms with van der Waals surface area (Å²) in [5.74, 6) is 1.81. The van der Waals surface area contributed by atoms with E-state index in [1.807, 2.05) is 0 Å². The van der Waals surface area contributed by atoms with Crippen LogP contribution in [0.2, 0.25) is 0 Å². The molecule has 1 aliphatic heterocycles. The molecule has 0 bridgehead atoms. The van der Waals surface area contributed by atoms with Crippen molar-refractivity contribution in [2.75, 3.05) is 6.54 Å². The SMILES string of the molecule is CC(C)C1CCCCC12CCCN2. The third-order valence-electron chi connectivity index (χ3n) is 4.18. The summed E-state index contributed by atoms with van der Waals surface area (Å²) >= 11 is 0. The lowest BCUT2D eigenvalue weighted by atomic mass is 9.67. The van der Waals surface area contributed by atoms with Gasteiger partial charge in [0.25, 0.3) is 0 Å². The predicted molar refractivity (Wildman–Crippen MR) is 56.8 cm³/mol. The Hall–Kier alpha value is -0.0400. The Morgan fingerprint density at radius 1 is 1.15 bits per heavy atom. The van der Waals surface area contributed by atoms with Crippen LogP contribution in [-0.4, -0.2) is 12.1 Å².